The molecule has 1 fully saturated rings. The zero-order valence-electron chi connectivity index (χ0n) is 15.2. The van der Waals surface area contributed by atoms with Crippen molar-refractivity contribution in [3.8, 4) is 16.9 Å². The van der Waals surface area contributed by atoms with E-state index in [4.69, 9.17) is 4.74 Å². The van der Waals surface area contributed by atoms with E-state index >= 15 is 0 Å². The number of pyridine rings is 1. The maximum atomic E-state index is 11.2. The van der Waals surface area contributed by atoms with Gasteiger partial charge in [-0.15, -0.1) is 0 Å². The summed E-state index contributed by atoms with van der Waals surface area (Å²) in [5.74, 6) is 0.867. The standard InChI is InChI=1S/C20H23N3O3S/c1-27(24,25)23-12-14-6-8-15(9-7-14)17-13-22-20-19(17)18(10-11-21-20)26-16-4-2-3-5-16/h6-11,13,16,23H,2-5,12H2,1H3,(H,21,22). The highest BCUT2D eigenvalue weighted by molar-refractivity contribution is 7.88. The van der Waals surface area contributed by atoms with Gasteiger partial charge in [-0.1, -0.05) is 24.3 Å². The Labute approximate surface area is 159 Å². The molecule has 0 saturated heterocycles. The summed E-state index contributed by atoms with van der Waals surface area (Å²) in [6.45, 7) is 0.282. The predicted octanol–water partition coefficient (Wildman–Crippen LogP) is 3.60. The zero-order chi connectivity index (χ0) is 18.9. The molecule has 2 aromatic heterocycles. The van der Waals surface area contributed by atoms with E-state index in [1.807, 2.05) is 36.5 Å². The molecule has 1 aliphatic carbocycles. The van der Waals surface area contributed by atoms with Gasteiger partial charge in [-0.05, 0) is 42.9 Å². The lowest BCUT2D eigenvalue weighted by molar-refractivity contribution is 0.212. The Kier molecular flexibility index (Phi) is 4.88. The SMILES string of the molecule is CS(=O)(=O)NCc1ccc(-c2c[nH]c3nccc(OC4CCCC4)c23)cc1. The Morgan fingerprint density at radius 1 is 1.19 bits per heavy atom. The minimum absolute atomic E-state index is 0.280. The molecule has 0 radical (unpaired) electrons. The fourth-order valence-corrected chi connectivity index (χ4v) is 3.98. The van der Waals surface area contributed by atoms with E-state index in [0.29, 0.717) is 0 Å². The molecule has 1 aliphatic rings. The largest absolute Gasteiger partial charge is 0.490 e. The molecule has 2 heterocycles. The lowest BCUT2D eigenvalue weighted by Gasteiger charge is -2.14. The Morgan fingerprint density at radius 2 is 1.93 bits per heavy atom. The van der Waals surface area contributed by atoms with Crippen LogP contribution in [0.5, 0.6) is 5.75 Å². The van der Waals surface area contributed by atoms with E-state index in [0.717, 1.165) is 52.6 Å². The van der Waals surface area contributed by atoms with E-state index in [1.165, 1.54) is 12.8 Å². The summed E-state index contributed by atoms with van der Waals surface area (Å²) < 4.78 is 31.3. The molecular formula is C20H23N3O3S. The quantitative estimate of drug-likeness (QED) is 0.679. The highest BCUT2D eigenvalue weighted by atomic mass is 32.2. The average Bonchev–Trinajstić information content (AvgIpc) is 3.30. The first-order chi connectivity index (χ1) is 13.0. The van der Waals surface area contributed by atoms with E-state index in [2.05, 4.69) is 14.7 Å². The van der Waals surface area contributed by atoms with Crippen molar-refractivity contribution in [3.05, 3.63) is 48.3 Å². The molecule has 7 heteroatoms. The lowest BCUT2D eigenvalue weighted by atomic mass is 10.0. The number of hydrogen-bond donors (Lipinski definition) is 2. The van der Waals surface area contributed by atoms with Crippen molar-refractivity contribution in [1.29, 1.82) is 0 Å². The molecule has 0 unspecified atom stereocenters. The van der Waals surface area contributed by atoms with Crippen molar-refractivity contribution >= 4 is 21.1 Å². The van der Waals surface area contributed by atoms with Crippen LogP contribution in [0.2, 0.25) is 0 Å². The van der Waals surface area contributed by atoms with E-state index in [1.54, 1.807) is 6.20 Å². The lowest BCUT2D eigenvalue weighted by Crippen LogP contribution is -2.21. The van der Waals surface area contributed by atoms with Crippen molar-refractivity contribution in [2.75, 3.05) is 6.26 Å². The number of benzene rings is 1. The molecule has 0 aliphatic heterocycles. The smallest absolute Gasteiger partial charge is 0.209 e. The zero-order valence-corrected chi connectivity index (χ0v) is 16.1. The van der Waals surface area contributed by atoms with Crippen LogP contribution in [-0.2, 0) is 16.6 Å². The molecule has 4 rings (SSSR count). The van der Waals surface area contributed by atoms with Gasteiger partial charge in [0.05, 0.1) is 17.7 Å². The highest BCUT2D eigenvalue weighted by Gasteiger charge is 2.19. The van der Waals surface area contributed by atoms with Crippen molar-refractivity contribution in [2.24, 2.45) is 0 Å². The summed E-state index contributed by atoms with van der Waals surface area (Å²) in [5.41, 5.74) is 3.79. The number of hydrogen-bond acceptors (Lipinski definition) is 4. The van der Waals surface area contributed by atoms with Crippen molar-refractivity contribution < 1.29 is 13.2 Å². The topological polar surface area (TPSA) is 84.1 Å². The number of sulfonamides is 1. The third kappa shape index (κ3) is 4.14. The third-order valence-corrected chi connectivity index (χ3v) is 5.60. The molecular weight excluding hydrogens is 362 g/mol. The monoisotopic (exact) mass is 385 g/mol. The van der Waals surface area contributed by atoms with Crippen LogP contribution in [0.1, 0.15) is 31.2 Å². The van der Waals surface area contributed by atoms with Gasteiger partial charge in [0.1, 0.15) is 11.4 Å². The summed E-state index contributed by atoms with van der Waals surface area (Å²) in [6, 6.07) is 9.78. The van der Waals surface area contributed by atoms with Crippen LogP contribution in [0.15, 0.2) is 42.7 Å². The fourth-order valence-electron chi connectivity index (χ4n) is 3.55. The average molecular weight is 385 g/mol. The van der Waals surface area contributed by atoms with Crippen molar-refractivity contribution in [3.63, 3.8) is 0 Å². The number of rotatable bonds is 6. The summed E-state index contributed by atoms with van der Waals surface area (Å²) in [5, 5.41) is 0.992. The summed E-state index contributed by atoms with van der Waals surface area (Å²) in [6.07, 6.45) is 9.81. The molecule has 1 saturated carbocycles. The maximum Gasteiger partial charge on any atom is 0.209 e. The molecule has 3 aromatic rings. The van der Waals surface area contributed by atoms with Gasteiger partial charge in [0.2, 0.25) is 10.0 Å². The van der Waals surface area contributed by atoms with Crippen LogP contribution in [0.4, 0.5) is 0 Å². The van der Waals surface area contributed by atoms with Crippen molar-refractivity contribution in [2.45, 2.75) is 38.3 Å². The number of aromatic nitrogens is 2. The van der Waals surface area contributed by atoms with Gasteiger partial charge in [-0.3, -0.25) is 0 Å². The first kappa shape index (κ1) is 18.0. The van der Waals surface area contributed by atoms with Gasteiger partial charge in [0.25, 0.3) is 0 Å². The number of ether oxygens (including phenoxy) is 1. The molecule has 0 spiro atoms. The number of fused-ring (bicyclic) bond motifs is 1. The fraction of sp³-hybridized carbons (Fsp3) is 0.350. The van der Waals surface area contributed by atoms with Crippen LogP contribution >= 0.6 is 0 Å². The number of H-pyrrole nitrogens is 1. The third-order valence-electron chi connectivity index (χ3n) is 4.93. The van der Waals surface area contributed by atoms with Crippen LogP contribution in [0.3, 0.4) is 0 Å². The molecule has 0 amide bonds. The Morgan fingerprint density at radius 3 is 2.63 bits per heavy atom. The molecule has 1 aromatic carbocycles. The van der Waals surface area contributed by atoms with E-state index in [9.17, 15) is 8.42 Å². The Bertz CT molecular complexity index is 1040. The molecule has 27 heavy (non-hydrogen) atoms. The Hall–Kier alpha value is -2.38. The first-order valence-electron chi connectivity index (χ1n) is 9.16. The van der Waals surface area contributed by atoms with Crippen LogP contribution in [0, 0.1) is 0 Å². The second kappa shape index (κ2) is 7.32. The van der Waals surface area contributed by atoms with Gasteiger partial charge >= 0.3 is 0 Å². The maximum absolute atomic E-state index is 11.2. The van der Waals surface area contributed by atoms with Crippen LogP contribution in [0.25, 0.3) is 22.2 Å². The Balaban J connectivity index is 1.63. The van der Waals surface area contributed by atoms with E-state index < -0.39 is 10.0 Å². The predicted molar refractivity (Wildman–Crippen MR) is 106 cm³/mol. The van der Waals surface area contributed by atoms with Gasteiger partial charge in [-0.2, -0.15) is 0 Å². The second-order valence-electron chi connectivity index (χ2n) is 7.05. The first-order valence-corrected chi connectivity index (χ1v) is 11.1. The van der Waals surface area contributed by atoms with Gasteiger partial charge in [-0.25, -0.2) is 18.1 Å². The summed E-state index contributed by atoms with van der Waals surface area (Å²) >= 11 is 0. The van der Waals surface area contributed by atoms with E-state index in [-0.39, 0.29) is 12.6 Å². The van der Waals surface area contributed by atoms with Gasteiger partial charge in [0, 0.05) is 24.5 Å². The van der Waals surface area contributed by atoms with Gasteiger partial charge in [0.15, 0.2) is 0 Å². The molecule has 142 valence electrons. The molecule has 0 bridgehead atoms. The van der Waals surface area contributed by atoms with Crippen molar-refractivity contribution in [1.82, 2.24) is 14.7 Å². The van der Waals surface area contributed by atoms with Gasteiger partial charge < -0.3 is 9.72 Å². The normalized spacial score (nSPS) is 15.4. The number of nitrogens with one attached hydrogen (secondary N) is 2. The summed E-state index contributed by atoms with van der Waals surface area (Å²) in [7, 11) is -3.20. The highest BCUT2D eigenvalue weighted by Crippen LogP contribution is 2.36. The molecule has 0 atom stereocenters. The van der Waals surface area contributed by atoms with Crippen LogP contribution in [-0.4, -0.2) is 30.7 Å². The number of aromatic amines is 1. The minimum Gasteiger partial charge on any atom is -0.490 e. The van der Waals surface area contributed by atoms with Crippen LogP contribution < -0.4 is 9.46 Å². The molecule has 2 N–H and O–H groups in total. The summed E-state index contributed by atoms with van der Waals surface area (Å²) in [4.78, 5) is 7.65. The molecule has 6 nitrogen and oxygen atoms in total. The second-order valence-corrected chi connectivity index (χ2v) is 8.88. The minimum atomic E-state index is -3.20. The number of nitrogens with zero attached hydrogens (tertiary/aromatic N) is 1.